The van der Waals surface area contributed by atoms with Crippen LogP contribution in [0.3, 0.4) is 0 Å². The normalized spacial score (nSPS) is 0. The van der Waals surface area contributed by atoms with Gasteiger partial charge in [0, 0.05) is 0 Å². The second-order valence-corrected chi connectivity index (χ2v) is 0. The van der Waals surface area contributed by atoms with Crippen molar-refractivity contribution in [1.82, 2.24) is 0 Å². The average molecular weight is 221 g/mol. The Labute approximate surface area is 87.7 Å². The molecule has 0 saturated heterocycles. The third-order valence-electron chi connectivity index (χ3n) is 0. The van der Waals surface area contributed by atoms with Crippen LogP contribution in [-0.4, -0.2) is 34.0 Å². The number of hydrogen-bond donors (Lipinski definition) is 0. The maximum absolute atomic E-state index is 0. The molecule has 0 fully saturated rings. The van der Waals surface area contributed by atoms with E-state index in [0.29, 0.717) is 0 Å². The minimum Gasteiger partial charge on any atom is -1.00 e. The molecule has 1 radical (unpaired) electrons. The standard InChI is InChI=1S/3ClH.Fe.Mg.2H2O/h3*1H;;;2*1H2/q;;;+3;+2;;/p-5. The first-order valence-corrected chi connectivity index (χ1v) is 0. The molecule has 0 aromatic carbocycles. The molecule has 0 aliphatic carbocycles. The van der Waals surface area contributed by atoms with Crippen LogP contribution >= 0.6 is 0 Å². The van der Waals surface area contributed by atoms with Gasteiger partial charge in [0.05, 0.1) is 0 Å². The zero-order valence-corrected chi connectivity index (χ0v) is 7.88. The second-order valence-electron chi connectivity index (χ2n) is 0. The predicted octanol–water partition coefficient (Wildman–Crippen LogP) is -9.72. The quantitative estimate of drug-likeness (QED) is 0.381. The van der Waals surface area contributed by atoms with E-state index in [4.69, 9.17) is 0 Å². The molecule has 0 saturated carbocycles. The van der Waals surface area contributed by atoms with Gasteiger partial charge in [-0.3, -0.25) is 0 Å². The maximum atomic E-state index is 0. The Morgan fingerprint density at radius 1 is 0.571 bits per heavy atom. The van der Waals surface area contributed by atoms with Gasteiger partial charge in [0.2, 0.25) is 0 Å². The van der Waals surface area contributed by atoms with Crippen molar-refractivity contribution in [3.63, 3.8) is 0 Å². The first-order valence-electron chi connectivity index (χ1n) is 0. The fourth-order valence-corrected chi connectivity index (χ4v) is 0. The van der Waals surface area contributed by atoms with E-state index in [1.807, 2.05) is 0 Å². The monoisotopic (exact) mass is 219 g/mol. The van der Waals surface area contributed by atoms with E-state index in [2.05, 4.69) is 0 Å². The fourth-order valence-electron chi connectivity index (χ4n) is 0. The van der Waals surface area contributed by atoms with Gasteiger partial charge in [-0.1, -0.05) is 0 Å². The van der Waals surface area contributed by atoms with Crippen molar-refractivity contribution in [2.45, 2.75) is 0 Å². The van der Waals surface area contributed by atoms with E-state index in [1.165, 1.54) is 0 Å². The SMILES string of the molecule is [Cl-].[Cl-].[Cl-].[Fe+3].[Mg+2].[OH-].[OH-]. The topological polar surface area (TPSA) is 60.0 Å². The third-order valence-corrected chi connectivity index (χ3v) is 0. The summed E-state index contributed by atoms with van der Waals surface area (Å²) in [4.78, 5) is 0. The average Bonchev–Trinajstić information content (AvgIpc) is 0. The molecule has 2 N–H and O–H groups in total. The molecule has 0 aliphatic rings. The van der Waals surface area contributed by atoms with E-state index in [0.717, 1.165) is 0 Å². The summed E-state index contributed by atoms with van der Waals surface area (Å²) in [5.41, 5.74) is 0. The molecule has 0 rings (SSSR count). The van der Waals surface area contributed by atoms with Gasteiger partial charge >= 0.3 is 40.1 Å². The Morgan fingerprint density at radius 2 is 0.571 bits per heavy atom. The van der Waals surface area contributed by atoms with Crippen LogP contribution in [0, 0.1) is 0 Å². The predicted molar refractivity (Wildman–Crippen MR) is 9.63 cm³/mol. The zero-order chi connectivity index (χ0) is 0. The van der Waals surface area contributed by atoms with Crippen LogP contribution in [0.1, 0.15) is 0 Å². The smallest absolute Gasteiger partial charge is 1.00 e. The summed E-state index contributed by atoms with van der Waals surface area (Å²) < 4.78 is 0. The van der Waals surface area contributed by atoms with E-state index < -0.39 is 0 Å². The number of rotatable bonds is 0. The second kappa shape index (κ2) is 93.8. The van der Waals surface area contributed by atoms with Gasteiger partial charge in [-0.25, -0.2) is 0 Å². The number of hydrogen-bond acceptors (Lipinski definition) is 2. The molecular weight excluding hydrogens is 219 g/mol. The molecule has 0 unspecified atom stereocenters. The van der Waals surface area contributed by atoms with E-state index in [-0.39, 0.29) is 88.3 Å². The first kappa shape index (κ1) is 137. The van der Waals surface area contributed by atoms with Crippen molar-refractivity contribution in [3.8, 4) is 0 Å². The molecule has 45 valence electrons. The van der Waals surface area contributed by atoms with Gasteiger partial charge in [0.1, 0.15) is 0 Å². The van der Waals surface area contributed by atoms with E-state index in [1.54, 1.807) is 0 Å². The van der Waals surface area contributed by atoms with Crippen molar-refractivity contribution < 1.29 is 65.2 Å². The van der Waals surface area contributed by atoms with Crippen LogP contribution in [0.25, 0.3) is 0 Å². The summed E-state index contributed by atoms with van der Waals surface area (Å²) in [6, 6.07) is 0. The van der Waals surface area contributed by atoms with Crippen LogP contribution in [0.4, 0.5) is 0 Å². The van der Waals surface area contributed by atoms with Gasteiger partial charge in [0.25, 0.3) is 0 Å². The maximum Gasteiger partial charge on any atom is 3.00 e. The molecule has 7 heavy (non-hydrogen) atoms. The van der Waals surface area contributed by atoms with Gasteiger partial charge < -0.3 is 48.2 Å². The van der Waals surface area contributed by atoms with Crippen molar-refractivity contribution in [3.05, 3.63) is 0 Å². The molecule has 0 spiro atoms. The molecule has 0 atom stereocenters. The van der Waals surface area contributed by atoms with Gasteiger partial charge in [0.15, 0.2) is 0 Å². The van der Waals surface area contributed by atoms with Crippen molar-refractivity contribution in [1.29, 1.82) is 0 Å². The van der Waals surface area contributed by atoms with Crippen LogP contribution in [-0.2, 0) is 17.1 Å². The van der Waals surface area contributed by atoms with Crippen LogP contribution in [0.5, 0.6) is 0 Å². The first-order chi connectivity index (χ1) is 0. The molecular formula is H2Cl3FeMgO2. The molecule has 0 aromatic heterocycles. The summed E-state index contributed by atoms with van der Waals surface area (Å²) in [6.45, 7) is 0. The molecule has 0 amide bonds. The molecule has 0 aromatic rings. The van der Waals surface area contributed by atoms with Crippen molar-refractivity contribution in [2.75, 3.05) is 0 Å². The molecule has 7 heteroatoms. The summed E-state index contributed by atoms with van der Waals surface area (Å²) in [6.07, 6.45) is 0. The zero-order valence-electron chi connectivity index (χ0n) is 3.09. The summed E-state index contributed by atoms with van der Waals surface area (Å²) in [5.74, 6) is 0. The van der Waals surface area contributed by atoms with E-state index >= 15 is 0 Å². The Balaban J connectivity index is 0. The van der Waals surface area contributed by atoms with Gasteiger partial charge in [-0.15, -0.1) is 0 Å². The van der Waals surface area contributed by atoms with E-state index in [9.17, 15) is 0 Å². The molecule has 0 aliphatic heterocycles. The molecule has 2 nitrogen and oxygen atoms in total. The fraction of sp³-hybridized carbons (Fsp3) is 0. The van der Waals surface area contributed by atoms with Crippen LogP contribution < -0.4 is 37.2 Å². The summed E-state index contributed by atoms with van der Waals surface area (Å²) in [5, 5.41) is 0. The van der Waals surface area contributed by atoms with Gasteiger partial charge in [-0.2, -0.15) is 0 Å². The Hall–Kier alpha value is 2.08. The minimum absolute atomic E-state index is 0. The van der Waals surface area contributed by atoms with Crippen molar-refractivity contribution >= 4 is 23.1 Å². The minimum atomic E-state index is 0. The summed E-state index contributed by atoms with van der Waals surface area (Å²) >= 11 is 0. The Bertz CT molecular complexity index is 12.9. The largest absolute Gasteiger partial charge is 3.00 e. The van der Waals surface area contributed by atoms with Crippen LogP contribution in [0.15, 0.2) is 0 Å². The molecule has 0 heterocycles. The number of halogens is 3. The Kier molecular flexibility index (Phi) is 1840. The third kappa shape index (κ3) is 69.2. The van der Waals surface area contributed by atoms with Crippen LogP contribution in [0.2, 0.25) is 0 Å². The summed E-state index contributed by atoms with van der Waals surface area (Å²) in [7, 11) is 0. The van der Waals surface area contributed by atoms with Crippen molar-refractivity contribution in [2.24, 2.45) is 0 Å². The van der Waals surface area contributed by atoms with Gasteiger partial charge in [-0.05, 0) is 0 Å². The Morgan fingerprint density at radius 3 is 0.571 bits per heavy atom. The molecule has 0 bridgehead atoms.